The van der Waals surface area contributed by atoms with Crippen LogP contribution in [0.5, 0.6) is 0 Å². The molecule has 0 atom stereocenters. The van der Waals surface area contributed by atoms with Crippen LogP contribution in [0, 0.1) is 17.0 Å². The van der Waals surface area contributed by atoms with Crippen LogP contribution >= 0.6 is 0 Å². The highest BCUT2D eigenvalue weighted by molar-refractivity contribution is 5.34. The molecule has 2 rings (SSSR count). The number of nitrogens with zero attached hydrogens (tertiary/aromatic N) is 3. The van der Waals surface area contributed by atoms with Crippen LogP contribution in [0.25, 0.3) is 0 Å². The van der Waals surface area contributed by atoms with E-state index >= 15 is 0 Å². The van der Waals surface area contributed by atoms with E-state index in [-0.39, 0.29) is 10.6 Å². The first kappa shape index (κ1) is 13.2. The number of nitro groups is 1. The molecule has 0 amide bonds. The maximum atomic E-state index is 10.7. The average molecular weight is 260 g/mol. The van der Waals surface area contributed by atoms with Gasteiger partial charge in [-0.05, 0) is 18.6 Å². The van der Waals surface area contributed by atoms with Gasteiger partial charge in [-0.25, -0.2) is 0 Å². The Balaban J connectivity index is 1.94. The van der Waals surface area contributed by atoms with Crippen molar-refractivity contribution in [1.29, 1.82) is 0 Å². The number of non-ortho nitro benzene ring substituents is 1. The molecule has 0 saturated heterocycles. The lowest BCUT2D eigenvalue weighted by molar-refractivity contribution is -0.384. The van der Waals surface area contributed by atoms with Crippen LogP contribution in [-0.2, 0) is 20.1 Å². The van der Waals surface area contributed by atoms with Crippen molar-refractivity contribution in [2.45, 2.75) is 20.0 Å². The van der Waals surface area contributed by atoms with Gasteiger partial charge in [0.15, 0.2) is 0 Å². The van der Waals surface area contributed by atoms with Crippen LogP contribution in [0.2, 0.25) is 0 Å². The molecule has 1 heterocycles. The number of aromatic nitrogens is 2. The van der Waals surface area contributed by atoms with Crippen molar-refractivity contribution < 1.29 is 4.92 Å². The summed E-state index contributed by atoms with van der Waals surface area (Å²) in [7, 11) is 1.90. The minimum atomic E-state index is -0.381. The first-order valence-electron chi connectivity index (χ1n) is 6.00. The SMILES string of the molecule is Cc1cc(CNCc2cccc([N+](=O)[O-])c2)n(C)n1. The number of aryl methyl sites for hydroxylation is 2. The predicted molar refractivity (Wildman–Crippen MR) is 71.6 cm³/mol. The zero-order valence-corrected chi connectivity index (χ0v) is 11.0. The summed E-state index contributed by atoms with van der Waals surface area (Å²) < 4.78 is 1.83. The van der Waals surface area contributed by atoms with Gasteiger partial charge < -0.3 is 5.32 Å². The first-order valence-corrected chi connectivity index (χ1v) is 6.00. The molecule has 100 valence electrons. The van der Waals surface area contributed by atoms with Crippen LogP contribution in [0.4, 0.5) is 5.69 Å². The Morgan fingerprint density at radius 3 is 2.79 bits per heavy atom. The summed E-state index contributed by atoms with van der Waals surface area (Å²) >= 11 is 0. The highest BCUT2D eigenvalue weighted by Gasteiger charge is 2.06. The van der Waals surface area contributed by atoms with E-state index in [9.17, 15) is 10.1 Å². The van der Waals surface area contributed by atoms with E-state index in [1.54, 1.807) is 12.1 Å². The second-order valence-electron chi connectivity index (χ2n) is 4.43. The standard InChI is InChI=1S/C13H16N4O2/c1-10-6-13(16(2)15-10)9-14-8-11-4-3-5-12(7-11)17(18)19/h3-7,14H,8-9H2,1-2H3. The summed E-state index contributed by atoms with van der Waals surface area (Å²) in [5, 5.41) is 18.2. The van der Waals surface area contributed by atoms with Crippen LogP contribution in [0.15, 0.2) is 30.3 Å². The normalized spacial score (nSPS) is 10.6. The smallest absolute Gasteiger partial charge is 0.269 e. The molecule has 1 N–H and O–H groups in total. The maximum absolute atomic E-state index is 10.7. The molecule has 6 nitrogen and oxygen atoms in total. The van der Waals surface area contributed by atoms with Gasteiger partial charge in [-0.2, -0.15) is 5.10 Å². The van der Waals surface area contributed by atoms with E-state index in [0.717, 1.165) is 17.0 Å². The van der Waals surface area contributed by atoms with Crippen molar-refractivity contribution in [3.63, 3.8) is 0 Å². The molecule has 0 aliphatic carbocycles. The Morgan fingerprint density at radius 1 is 1.37 bits per heavy atom. The third kappa shape index (κ3) is 3.38. The van der Waals surface area contributed by atoms with E-state index in [1.165, 1.54) is 6.07 Å². The van der Waals surface area contributed by atoms with Gasteiger partial charge in [0.25, 0.3) is 5.69 Å². The van der Waals surface area contributed by atoms with Crippen LogP contribution < -0.4 is 5.32 Å². The topological polar surface area (TPSA) is 73.0 Å². The second kappa shape index (κ2) is 5.62. The van der Waals surface area contributed by atoms with Crippen LogP contribution in [0.1, 0.15) is 17.0 Å². The Labute approximate surface area is 111 Å². The molecule has 0 radical (unpaired) electrons. The van der Waals surface area contributed by atoms with E-state index in [2.05, 4.69) is 10.4 Å². The summed E-state index contributed by atoms with van der Waals surface area (Å²) in [5.41, 5.74) is 3.08. The molecule has 6 heteroatoms. The average Bonchev–Trinajstić information content (AvgIpc) is 2.68. The van der Waals surface area contributed by atoms with Gasteiger partial charge in [0.1, 0.15) is 0 Å². The molecule has 0 aliphatic heterocycles. The molecular weight excluding hydrogens is 244 g/mol. The van der Waals surface area contributed by atoms with Gasteiger partial charge in [0, 0.05) is 32.3 Å². The fourth-order valence-electron chi connectivity index (χ4n) is 1.94. The van der Waals surface area contributed by atoms with E-state index in [1.807, 2.05) is 30.8 Å². The van der Waals surface area contributed by atoms with Crippen molar-refractivity contribution in [3.8, 4) is 0 Å². The van der Waals surface area contributed by atoms with Crippen molar-refractivity contribution in [2.24, 2.45) is 7.05 Å². The van der Waals surface area contributed by atoms with Gasteiger partial charge >= 0.3 is 0 Å². The molecule has 1 aromatic heterocycles. The van der Waals surface area contributed by atoms with Gasteiger partial charge in [-0.3, -0.25) is 14.8 Å². The lowest BCUT2D eigenvalue weighted by Crippen LogP contribution is -2.15. The Kier molecular flexibility index (Phi) is 3.91. The predicted octanol–water partition coefficient (Wildman–Crippen LogP) is 1.93. The van der Waals surface area contributed by atoms with E-state index in [4.69, 9.17) is 0 Å². The largest absolute Gasteiger partial charge is 0.307 e. The fourth-order valence-corrected chi connectivity index (χ4v) is 1.94. The van der Waals surface area contributed by atoms with Gasteiger partial charge in [0.05, 0.1) is 16.3 Å². The summed E-state index contributed by atoms with van der Waals surface area (Å²) in [4.78, 5) is 10.3. The Hall–Kier alpha value is -2.21. The molecule has 0 bridgehead atoms. The van der Waals surface area contributed by atoms with E-state index < -0.39 is 0 Å². The number of nitro benzene ring substituents is 1. The van der Waals surface area contributed by atoms with Crippen molar-refractivity contribution in [3.05, 3.63) is 57.4 Å². The molecule has 2 aromatic rings. The molecule has 0 saturated carbocycles. The van der Waals surface area contributed by atoms with Crippen molar-refractivity contribution >= 4 is 5.69 Å². The van der Waals surface area contributed by atoms with E-state index in [0.29, 0.717) is 13.1 Å². The summed E-state index contributed by atoms with van der Waals surface area (Å²) in [6.45, 7) is 3.22. The zero-order valence-electron chi connectivity index (χ0n) is 11.0. The number of nitrogens with one attached hydrogen (secondary N) is 1. The number of hydrogen-bond acceptors (Lipinski definition) is 4. The second-order valence-corrected chi connectivity index (χ2v) is 4.43. The number of hydrogen-bond donors (Lipinski definition) is 1. The summed E-state index contributed by atoms with van der Waals surface area (Å²) in [6.07, 6.45) is 0. The molecule has 0 aliphatic rings. The lowest BCUT2D eigenvalue weighted by atomic mass is 10.2. The summed E-state index contributed by atoms with van der Waals surface area (Å²) in [5.74, 6) is 0. The summed E-state index contributed by atoms with van der Waals surface area (Å²) in [6, 6.07) is 8.66. The lowest BCUT2D eigenvalue weighted by Gasteiger charge is -2.05. The van der Waals surface area contributed by atoms with Crippen LogP contribution in [0.3, 0.4) is 0 Å². The highest BCUT2D eigenvalue weighted by atomic mass is 16.6. The van der Waals surface area contributed by atoms with Gasteiger partial charge in [-0.1, -0.05) is 12.1 Å². The minimum Gasteiger partial charge on any atom is -0.307 e. The van der Waals surface area contributed by atoms with Gasteiger partial charge in [0.2, 0.25) is 0 Å². The third-order valence-corrected chi connectivity index (χ3v) is 2.86. The zero-order chi connectivity index (χ0) is 13.8. The van der Waals surface area contributed by atoms with Gasteiger partial charge in [-0.15, -0.1) is 0 Å². The maximum Gasteiger partial charge on any atom is 0.269 e. The quantitative estimate of drug-likeness (QED) is 0.658. The molecule has 0 spiro atoms. The molecular formula is C13H16N4O2. The molecule has 1 aromatic carbocycles. The highest BCUT2D eigenvalue weighted by Crippen LogP contribution is 2.13. The number of rotatable bonds is 5. The Bertz CT molecular complexity index is 592. The Morgan fingerprint density at radius 2 is 2.16 bits per heavy atom. The third-order valence-electron chi connectivity index (χ3n) is 2.86. The van der Waals surface area contributed by atoms with Crippen molar-refractivity contribution in [2.75, 3.05) is 0 Å². The molecule has 0 fully saturated rings. The van der Waals surface area contributed by atoms with Crippen LogP contribution in [-0.4, -0.2) is 14.7 Å². The van der Waals surface area contributed by atoms with Crippen molar-refractivity contribution in [1.82, 2.24) is 15.1 Å². The number of benzene rings is 1. The molecule has 0 unspecified atom stereocenters. The minimum absolute atomic E-state index is 0.121. The monoisotopic (exact) mass is 260 g/mol. The fraction of sp³-hybridized carbons (Fsp3) is 0.308. The first-order chi connectivity index (χ1) is 9.06. The molecule has 19 heavy (non-hydrogen) atoms.